The minimum Gasteiger partial charge on any atom is -0.547 e. The minimum absolute atomic E-state index is 0.000420. The van der Waals surface area contributed by atoms with Crippen LogP contribution < -0.4 is 4.74 Å². The van der Waals surface area contributed by atoms with Crippen LogP contribution in [0, 0.1) is 0 Å². The van der Waals surface area contributed by atoms with Crippen LogP contribution in [0.15, 0.2) is 17.9 Å². The van der Waals surface area contributed by atoms with Crippen LogP contribution in [-0.4, -0.2) is 32.8 Å². The maximum absolute atomic E-state index is 10.3. The summed E-state index contributed by atoms with van der Waals surface area (Å²) < 4.78 is 16.5. The summed E-state index contributed by atoms with van der Waals surface area (Å²) in [5.41, 5.74) is 1.16. The van der Waals surface area contributed by atoms with Gasteiger partial charge in [-0.05, 0) is 25.7 Å². The quantitative estimate of drug-likeness (QED) is 0.661. The molecule has 1 aromatic rings. The van der Waals surface area contributed by atoms with Gasteiger partial charge in [0.05, 0.1) is 12.9 Å². The van der Waals surface area contributed by atoms with Gasteiger partial charge in [-0.2, -0.15) is 0 Å². The molecule has 0 radical (unpaired) electrons. The van der Waals surface area contributed by atoms with E-state index in [0.29, 0.717) is 17.5 Å². The maximum atomic E-state index is 10.3. The van der Waals surface area contributed by atoms with Crippen LogP contribution in [-0.2, 0) is 15.6 Å². The molecule has 0 saturated heterocycles. The van der Waals surface area contributed by atoms with Gasteiger partial charge in [0.2, 0.25) is 8.32 Å². The summed E-state index contributed by atoms with van der Waals surface area (Å²) in [6.45, 7) is 6.28. The Labute approximate surface area is 125 Å². The minimum atomic E-state index is -1.75. The molecule has 0 saturated carbocycles. The number of hydrogen-bond acceptors (Lipinski definition) is 5. The summed E-state index contributed by atoms with van der Waals surface area (Å²) in [4.78, 5) is 0. The molecule has 1 aliphatic carbocycles. The van der Waals surface area contributed by atoms with E-state index < -0.39 is 14.4 Å². The molecule has 0 heterocycles. The topological polar surface area (TPSA) is 68.2 Å². The van der Waals surface area contributed by atoms with Gasteiger partial charge >= 0.3 is 0 Å². The number of phenolic OH excluding ortho intramolecular Hbond substituents is 2. The Bertz CT molecular complexity index is 574. The summed E-state index contributed by atoms with van der Waals surface area (Å²) in [6.07, 6.45) is 1.81. The molecule has 0 bridgehead atoms. The van der Waals surface area contributed by atoms with Gasteiger partial charge in [-0.3, -0.25) is 0 Å². The second-order valence-electron chi connectivity index (χ2n) is 6.02. The standard InChI is InChI=1S/C15H22O5Si/c1-18-12-7-9(20-21(3,4)5)6-10-11(16)8-13(19-2)15(17)14(10)12/h7-8,12,16-17H,6H2,1-5H3. The average molecular weight is 310 g/mol. The van der Waals surface area contributed by atoms with Gasteiger partial charge in [-0.25, -0.2) is 0 Å². The zero-order chi connectivity index (χ0) is 15.8. The molecule has 1 atom stereocenters. The monoisotopic (exact) mass is 310 g/mol. The van der Waals surface area contributed by atoms with Crippen molar-refractivity contribution in [3.05, 3.63) is 29.0 Å². The van der Waals surface area contributed by atoms with Crippen molar-refractivity contribution in [1.29, 1.82) is 0 Å². The number of allylic oxidation sites excluding steroid dienone is 1. The lowest BCUT2D eigenvalue weighted by Gasteiger charge is -2.29. The number of aromatic hydroxyl groups is 2. The van der Waals surface area contributed by atoms with Crippen molar-refractivity contribution < 1.29 is 24.1 Å². The Hall–Kier alpha value is -1.66. The summed E-state index contributed by atoms with van der Waals surface area (Å²) in [7, 11) is 1.25. The van der Waals surface area contributed by atoms with Crippen LogP contribution in [0.1, 0.15) is 17.2 Å². The molecule has 0 amide bonds. The van der Waals surface area contributed by atoms with Crippen molar-refractivity contribution in [2.75, 3.05) is 14.2 Å². The van der Waals surface area contributed by atoms with Gasteiger partial charge < -0.3 is 24.1 Å². The molecule has 6 heteroatoms. The van der Waals surface area contributed by atoms with Crippen molar-refractivity contribution in [2.45, 2.75) is 32.2 Å². The normalized spacial score (nSPS) is 18.0. The summed E-state index contributed by atoms with van der Waals surface area (Å²) >= 11 is 0. The Morgan fingerprint density at radius 3 is 2.38 bits per heavy atom. The Morgan fingerprint density at radius 1 is 1.19 bits per heavy atom. The van der Waals surface area contributed by atoms with Crippen molar-refractivity contribution >= 4 is 8.32 Å². The smallest absolute Gasteiger partial charge is 0.241 e. The van der Waals surface area contributed by atoms with Gasteiger partial charge in [0.25, 0.3) is 0 Å². The third kappa shape index (κ3) is 3.16. The van der Waals surface area contributed by atoms with E-state index in [1.54, 1.807) is 7.11 Å². The van der Waals surface area contributed by atoms with Crippen LogP contribution in [0.5, 0.6) is 17.2 Å². The second-order valence-corrected chi connectivity index (χ2v) is 10.4. The lowest BCUT2D eigenvalue weighted by molar-refractivity contribution is 0.132. The summed E-state index contributed by atoms with van der Waals surface area (Å²) in [5.74, 6) is 1.08. The zero-order valence-electron chi connectivity index (χ0n) is 13.1. The average Bonchev–Trinajstić information content (AvgIpc) is 2.39. The third-order valence-electron chi connectivity index (χ3n) is 3.27. The molecule has 0 aromatic heterocycles. The van der Waals surface area contributed by atoms with E-state index in [0.717, 1.165) is 5.76 Å². The van der Waals surface area contributed by atoms with Crippen molar-refractivity contribution in [3.8, 4) is 17.2 Å². The molecule has 116 valence electrons. The molecular formula is C15H22O5Si. The molecular weight excluding hydrogens is 288 g/mol. The van der Waals surface area contributed by atoms with Crippen molar-refractivity contribution in [3.63, 3.8) is 0 Å². The number of ether oxygens (including phenoxy) is 2. The fourth-order valence-corrected chi connectivity index (χ4v) is 3.40. The van der Waals surface area contributed by atoms with Gasteiger partial charge in [0.1, 0.15) is 11.9 Å². The highest BCUT2D eigenvalue weighted by Crippen LogP contribution is 2.46. The molecule has 0 aliphatic heterocycles. The van der Waals surface area contributed by atoms with E-state index in [4.69, 9.17) is 13.9 Å². The maximum Gasteiger partial charge on any atom is 0.241 e. The fourth-order valence-electron chi connectivity index (χ4n) is 2.48. The third-order valence-corrected chi connectivity index (χ3v) is 4.15. The van der Waals surface area contributed by atoms with E-state index >= 15 is 0 Å². The molecule has 0 spiro atoms. The first-order valence-corrected chi connectivity index (χ1v) is 10.2. The van der Waals surface area contributed by atoms with E-state index in [2.05, 4.69) is 19.6 Å². The Balaban J connectivity index is 2.49. The van der Waals surface area contributed by atoms with Gasteiger partial charge in [0, 0.05) is 30.7 Å². The highest BCUT2D eigenvalue weighted by Gasteiger charge is 2.30. The fraction of sp³-hybridized carbons (Fsp3) is 0.467. The number of fused-ring (bicyclic) bond motifs is 1. The van der Waals surface area contributed by atoms with Crippen molar-refractivity contribution in [2.24, 2.45) is 0 Å². The number of rotatable bonds is 4. The van der Waals surface area contributed by atoms with E-state index in [1.807, 2.05) is 6.08 Å². The zero-order valence-corrected chi connectivity index (χ0v) is 14.1. The number of benzene rings is 1. The first-order valence-electron chi connectivity index (χ1n) is 6.81. The first kappa shape index (κ1) is 15.7. The summed E-state index contributed by atoms with van der Waals surface area (Å²) in [5, 5.41) is 20.5. The van der Waals surface area contributed by atoms with Crippen LogP contribution in [0.25, 0.3) is 0 Å². The van der Waals surface area contributed by atoms with Crippen LogP contribution in [0.3, 0.4) is 0 Å². The van der Waals surface area contributed by atoms with Crippen LogP contribution in [0.4, 0.5) is 0 Å². The van der Waals surface area contributed by atoms with E-state index in [1.165, 1.54) is 13.2 Å². The Morgan fingerprint density at radius 2 is 1.86 bits per heavy atom. The number of methoxy groups -OCH3 is 2. The lowest BCUT2D eigenvalue weighted by Crippen LogP contribution is -2.27. The SMILES string of the molecule is COc1cc(O)c2c(c1O)C(OC)C=C(O[Si](C)(C)C)C2. The number of hydrogen-bond donors (Lipinski definition) is 2. The molecule has 2 N–H and O–H groups in total. The lowest BCUT2D eigenvalue weighted by atomic mass is 9.91. The highest BCUT2D eigenvalue weighted by molar-refractivity contribution is 6.70. The predicted octanol–water partition coefficient (Wildman–Crippen LogP) is 3.09. The van der Waals surface area contributed by atoms with Crippen LogP contribution in [0.2, 0.25) is 19.6 Å². The summed E-state index contributed by atoms with van der Waals surface area (Å²) in [6, 6.07) is 1.42. The van der Waals surface area contributed by atoms with E-state index in [-0.39, 0.29) is 17.2 Å². The molecule has 5 nitrogen and oxygen atoms in total. The molecule has 21 heavy (non-hydrogen) atoms. The molecule has 0 fully saturated rings. The van der Waals surface area contributed by atoms with Crippen LogP contribution >= 0.6 is 0 Å². The molecule has 2 rings (SSSR count). The first-order chi connectivity index (χ1) is 9.76. The van der Waals surface area contributed by atoms with Gasteiger partial charge in [-0.15, -0.1) is 0 Å². The highest BCUT2D eigenvalue weighted by atomic mass is 28.4. The predicted molar refractivity (Wildman–Crippen MR) is 82.3 cm³/mol. The second kappa shape index (κ2) is 5.61. The largest absolute Gasteiger partial charge is 0.547 e. The number of phenols is 2. The molecule has 1 aliphatic rings. The molecule has 1 aromatic carbocycles. The Kier molecular flexibility index (Phi) is 4.20. The van der Waals surface area contributed by atoms with E-state index in [9.17, 15) is 10.2 Å². The van der Waals surface area contributed by atoms with Gasteiger partial charge in [-0.1, -0.05) is 0 Å². The molecule has 1 unspecified atom stereocenters. The van der Waals surface area contributed by atoms with Gasteiger partial charge in [0.15, 0.2) is 11.5 Å². The van der Waals surface area contributed by atoms with Crippen molar-refractivity contribution in [1.82, 2.24) is 0 Å².